The second-order valence-corrected chi connectivity index (χ2v) is 11.9. The van der Waals surface area contributed by atoms with Crippen LogP contribution in [0, 0.1) is 26.2 Å². The van der Waals surface area contributed by atoms with Crippen molar-refractivity contribution in [2.45, 2.75) is 53.6 Å². The van der Waals surface area contributed by atoms with Crippen LogP contribution in [-0.2, 0) is 4.79 Å². The summed E-state index contributed by atoms with van der Waals surface area (Å²) in [6.07, 6.45) is 1.81. The van der Waals surface area contributed by atoms with Crippen molar-refractivity contribution in [3.63, 3.8) is 0 Å². The number of hydrogen-bond donors (Lipinski definition) is 2. The number of aromatic nitrogens is 2. The number of amides is 1. The van der Waals surface area contributed by atoms with Gasteiger partial charge in [0.2, 0.25) is 5.91 Å². The van der Waals surface area contributed by atoms with Gasteiger partial charge in [0.1, 0.15) is 5.75 Å². The Morgan fingerprint density at radius 3 is 2.41 bits per heavy atom. The molecule has 1 amide bonds. The van der Waals surface area contributed by atoms with Gasteiger partial charge in [-0.1, -0.05) is 45.0 Å². The van der Waals surface area contributed by atoms with Gasteiger partial charge in [0, 0.05) is 40.4 Å². The van der Waals surface area contributed by atoms with E-state index in [0.717, 1.165) is 34.0 Å². The minimum Gasteiger partial charge on any atom is -0.494 e. The Balaban J connectivity index is 1.64. The number of anilines is 2. The number of ether oxygens (including phenoxy) is 1. The van der Waals surface area contributed by atoms with Crippen LogP contribution in [-0.4, -0.2) is 27.7 Å². The highest BCUT2D eigenvalue weighted by molar-refractivity contribution is 7.80. The minimum atomic E-state index is -0.537. The molecule has 2 aromatic carbocycles. The van der Waals surface area contributed by atoms with Crippen molar-refractivity contribution in [2.75, 3.05) is 17.3 Å². The third-order valence-electron chi connectivity index (χ3n) is 7.64. The molecule has 2 N–H and O–H groups in total. The molecule has 0 bridgehead atoms. The van der Waals surface area contributed by atoms with Gasteiger partial charge in [-0.05, 0) is 80.5 Å². The average molecular weight is 568 g/mol. The quantitative estimate of drug-likeness (QED) is 0.245. The van der Waals surface area contributed by atoms with E-state index >= 15 is 0 Å². The Kier molecular flexibility index (Phi) is 7.62. The number of carbonyl (C=O) groups is 1. The molecule has 1 fully saturated rings. The fourth-order valence-corrected chi connectivity index (χ4v) is 5.81. The van der Waals surface area contributed by atoms with Gasteiger partial charge in [-0.15, -0.1) is 0 Å². The highest BCUT2D eigenvalue weighted by Crippen LogP contribution is 2.45. The first-order valence-electron chi connectivity index (χ1n) is 13.8. The van der Waals surface area contributed by atoms with Crippen molar-refractivity contribution in [2.24, 2.45) is 5.41 Å². The van der Waals surface area contributed by atoms with Crippen molar-refractivity contribution in [1.29, 1.82) is 0 Å². The lowest BCUT2D eigenvalue weighted by Crippen LogP contribution is -2.30. The van der Waals surface area contributed by atoms with Gasteiger partial charge >= 0.3 is 0 Å². The van der Waals surface area contributed by atoms with Gasteiger partial charge < -0.3 is 24.8 Å². The average Bonchev–Trinajstić information content (AvgIpc) is 3.44. The van der Waals surface area contributed by atoms with E-state index in [1.54, 1.807) is 7.11 Å². The lowest BCUT2D eigenvalue weighted by molar-refractivity contribution is -0.123. The summed E-state index contributed by atoms with van der Waals surface area (Å²) in [6, 6.07) is 22.0. The maximum absolute atomic E-state index is 12.7. The lowest BCUT2D eigenvalue weighted by Gasteiger charge is -2.29. The van der Waals surface area contributed by atoms with Crippen molar-refractivity contribution in [1.82, 2.24) is 14.9 Å². The maximum atomic E-state index is 12.7. The molecule has 2 atom stereocenters. The Labute approximate surface area is 247 Å². The molecule has 0 radical (unpaired) electrons. The van der Waals surface area contributed by atoms with Crippen LogP contribution in [0.4, 0.5) is 11.4 Å². The molecular weight excluding hydrogens is 530 g/mol. The first-order chi connectivity index (χ1) is 19.5. The molecule has 0 saturated carbocycles. The number of thiocarbonyl (C=S) groups is 1. The zero-order valence-electron chi connectivity index (χ0n) is 24.6. The zero-order chi connectivity index (χ0) is 29.5. The number of hydrogen-bond acceptors (Lipinski definition) is 4. The number of methoxy groups -OCH3 is 1. The number of nitrogens with one attached hydrogen (secondary N) is 2. The smallest absolute Gasteiger partial charge is 0.229 e. The molecule has 1 saturated heterocycles. The first kappa shape index (κ1) is 28.4. The normalized spacial score (nSPS) is 17.0. The van der Waals surface area contributed by atoms with E-state index in [4.69, 9.17) is 21.9 Å². The van der Waals surface area contributed by atoms with Crippen LogP contribution in [0.3, 0.4) is 0 Å². The first-order valence-corrected chi connectivity index (χ1v) is 14.2. The molecule has 7 nitrogen and oxygen atoms in total. The minimum absolute atomic E-state index is 0.0846. The van der Waals surface area contributed by atoms with Gasteiger partial charge in [0.05, 0.1) is 30.6 Å². The van der Waals surface area contributed by atoms with Crippen molar-refractivity contribution in [3.05, 3.63) is 101 Å². The summed E-state index contributed by atoms with van der Waals surface area (Å²) < 4.78 is 8.05. The SMILES string of the molecule is COc1cc(N2C(=S)N[C@@H](c3ccccn3)[C@H]2c2cc(C)n(-c3ccccc3C)c2C)ccc1NC(=O)C(C)(C)C. The third kappa shape index (κ3) is 5.32. The summed E-state index contributed by atoms with van der Waals surface area (Å²) >= 11 is 5.97. The Morgan fingerprint density at radius 2 is 1.76 bits per heavy atom. The highest BCUT2D eigenvalue weighted by atomic mass is 32.1. The molecule has 0 unspecified atom stereocenters. The predicted octanol–water partition coefficient (Wildman–Crippen LogP) is 6.97. The summed E-state index contributed by atoms with van der Waals surface area (Å²) in [6.45, 7) is 12.1. The van der Waals surface area contributed by atoms with Crippen LogP contribution in [0.5, 0.6) is 5.75 Å². The van der Waals surface area contributed by atoms with Crippen LogP contribution < -0.4 is 20.3 Å². The Hall–Kier alpha value is -4.17. The predicted molar refractivity (Wildman–Crippen MR) is 169 cm³/mol. The van der Waals surface area contributed by atoms with Gasteiger partial charge in [0.25, 0.3) is 0 Å². The van der Waals surface area contributed by atoms with E-state index in [2.05, 4.69) is 71.2 Å². The van der Waals surface area contributed by atoms with Gasteiger partial charge in [-0.25, -0.2) is 0 Å². The summed E-state index contributed by atoms with van der Waals surface area (Å²) in [5.41, 5.74) is 7.64. The van der Waals surface area contributed by atoms with Crippen LogP contribution in [0.1, 0.15) is 61.1 Å². The molecule has 212 valence electrons. The molecule has 3 heterocycles. The lowest BCUT2D eigenvalue weighted by atomic mass is 9.95. The molecular formula is C33H37N5O2S. The van der Waals surface area contributed by atoms with Gasteiger partial charge in [-0.3, -0.25) is 9.78 Å². The maximum Gasteiger partial charge on any atom is 0.229 e. The van der Waals surface area contributed by atoms with Crippen molar-refractivity contribution in [3.8, 4) is 11.4 Å². The fraction of sp³-hybridized carbons (Fsp3) is 0.303. The summed E-state index contributed by atoms with van der Waals surface area (Å²) in [7, 11) is 1.61. The van der Waals surface area contributed by atoms with Crippen molar-refractivity contribution >= 4 is 34.6 Å². The molecule has 1 aliphatic rings. The topological polar surface area (TPSA) is 71.4 Å². The van der Waals surface area contributed by atoms with E-state index in [0.29, 0.717) is 16.5 Å². The van der Waals surface area contributed by atoms with Crippen LogP contribution in [0.2, 0.25) is 0 Å². The number of benzene rings is 2. The van der Waals surface area contributed by atoms with Gasteiger partial charge in [-0.2, -0.15) is 0 Å². The number of carbonyl (C=O) groups excluding carboxylic acids is 1. The third-order valence-corrected chi connectivity index (χ3v) is 7.95. The monoisotopic (exact) mass is 567 g/mol. The number of rotatable bonds is 6. The molecule has 1 aliphatic heterocycles. The standard InChI is InChI=1S/C33H37N5O2S/c1-20-12-8-9-14-27(20)37-21(2)18-24(22(37)3)30-29(26-13-10-11-17-34-26)36-32(41)38(30)23-15-16-25(28(19-23)40-7)35-31(39)33(4,5)6/h8-19,29-30H,1-7H3,(H,35,39)(H,36,41)/t29-,30+/m0/s1. The van der Waals surface area contributed by atoms with Crippen LogP contribution in [0.25, 0.3) is 5.69 Å². The molecule has 5 rings (SSSR count). The Morgan fingerprint density at radius 1 is 1.02 bits per heavy atom. The van der Waals surface area contributed by atoms with Gasteiger partial charge in [0.15, 0.2) is 5.11 Å². The van der Waals surface area contributed by atoms with E-state index in [-0.39, 0.29) is 18.0 Å². The molecule has 8 heteroatoms. The van der Waals surface area contributed by atoms with E-state index in [1.807, 2.05) is 63.4 Å². The number of aryl methyl sites for hydroxylation is 2. The van der Waals surface area contributed by atoms with Crippen LogP contribution >= 0.6 is 12.2 Å². The fourth-order valence-electron chi connectivity index (χ4n) is 5.46. The second-order valence-electron chi connectivity index (χ2n) is 11.5. The molecule has 4 aromatic rings. The molecule has 2 aromatic heterocycles. The number of pyridine rings is 1. The van der Waals surface area contributed by atoms with E-state index in [9.17, 15) is 4.79 Å². The van der Waals surface area contributed by atoms with Crippen molar-refractivity contribution < 1.29 is 9.53 Å². The van der Waals surface area contributed by atoms with Crippen LogP contribution in [0.15, 0.2) is 72.9 Å². The second kappa shape index (κ2) is 11.0. The van der Waals surface area contributed by atoms with E-state index < -0.39 is 5.41 Å². The summed E-state index contributed by atoms with van der Waals surface area (Å²) in [5.74, 6) is 0.479. The number of para-hydroxylation sites is 1. The molecule has 0 spiro atoms. The zero-order valence-corrected chi connectivity index (χ0v) is 25.5. The number of nitrogens with zero attached hydrogens (tertiary/aromatic N) is 3. The highest BCUT2D eigenvalue weighted by Gasteiger charge is 2.42. The summed E-state index contributed by atoms with van der Waals surface area (Å²) in [4.78, 5) is 19.6. The largest absolute Gasteiger partial charge is 0.494 e. The molecule has 41 heavy (non-hydrogen) atoms. The molecule has 0 aliphatic carbocycles. The Bertz CT molecular complexity index is 1610. The van der Waals surface area contributed by atoms with E-state index in [1.165, 1.54) is 5.56 Å². The summed E-state index contributed by atoms with van der Waals surface area (Å²) in [5, 5.41) is 7.16.